The molecule has 1 atom stereocenters. The molecule has 120 valence electrons. The SMILES string of the molecule is Clc1ccc2c(N3CC(CN4CCCCC4)N=N3)ccnc2c1. The molecule has 2 aromatic rings. The van der Waals surface area contributed by atoms with E-state index in [-0.39, 0.29) is 6.04 Å². The van der Waals surface area contributed by atoms with Crippen molar-refractivity contribution < 1.29 is 0 Å². The third-order valence-corrected chi connectivity index (χ3v) is 4.82. The van der Waals surface area contributed by atoms with Crippen molar-refractivity contribution in [3.05, 3.63) is 35.5 Å². The van der Waals surface area contributed by atoms with Gasteiger partial charge in [-0.1, -0.05) is 23.2 Å². The van der Waals surface area contributed by atoms with Gasteiger partial charge in [-0.05, 0) is 50.2 Å². The Labute approximate surface area is 140 Å². The minimum Gasteiger partial charge on any atom is -0.301 e. The Balaban J connectivity index is 1.50. The second-order valence-electron chi connectivity index (χ2n) is 6.29. The zero-order chi connectivity index (χ0) is 15.6. The second kappa shape index (κ2) is 6.42. The van der Waals surface area contributed by atoms with Crippen molar-refractivity contribution in [2.24, 2.45) is 10.3 Å². The third kappa shape index (κ3) is 3.16. The number of benzene rings is 1. The molecule has 2 aliphatic heterocycles. The maximum Gasteiger partial charge on any atom is 0.105 e. The molecule has 1 aromatic heterocycles. The summed E-state index contributed by atoms with van der Waals surface area (Å²) in [5.74, 6) is 0. The van der Waals surface area contributed by atoms with Crippen LogP contribution in [0, 0.1) is 0 Å². The van der Waals surface area contributed by atoms with Crippen LogP contribution >= 0.6 is 11.6 Å². The van der Waals surface area contributed by atoms with Gasteiger partial charge in [0.1, 0.15) is 6.04 Å². The zero-order valence-electron chi connectivity index (χ0n) is 13.0. The fourth-order valence-electron chi connectivity index (χ4n) is 3.42. The van der Waals surface area contributed by atoms with Crippen LogP contribution in [0.5, 0.6) is 0 Å². The Morgan fingerprint density at radius 1 is 1.13 bits per heavy atom. The summed E-state index contributed by atoms with van der Waals surface area (Å²) < 4.78 is 0. The molecule has 4 rings (SSSR count). The number of pyridine rings is 1. The average Bonchev–Trinajstić information content (AvgIpc) is 3.03. The van der Waals surface area contributed by atoms with Gasteiger partial charge in [-0.3, -0.25) is 4.98 Å². The monoisotopic (exact) mass is 329 g/mol. The molecule has 0 N–H and O–H groups in total. The second-order valence-corrected chi connectivity index (χ2v) is 6.73. The normalized spacial score (nSPS) is 22.1. The molecule has 1 saturated heterocycles. The Kier molecular flexibility index (Phi) is 4.14. The first-order valence-corrected chi connectivity index (χ1v) is 8.62. The average molecular weight is 330 g/mol. The minimum absolute atomic E-state index is 0.253. The van der Waals surface area contributed by atoms with Gasteiger partial charge in [0.25, 0.3) is 0 Å². The number of halogens is 1. The summed E-state index contributed by atoms with van der Waals surface area (Å²) in [5, 5.41) is 12.6. The lowest BCUT2D eigenvalue weighted by Gasteiger charge is -2.27. The van der Waals surface area contributed by atoms with Gasteiger partial charge in [-0.15, -0.1) is 0 Å². The fourth-order valence-corrected chi connectivity index (χ4v) is 3.59. The molecule has 1 unspecified atom stereocenters. The van der Waals surface area contributed by atoms with Crippen LogP contribution in [0.25, 0.3) is 10.9 Å². The molecule has 5 nitrogen and oxygen atoms in total. The van der Waals surface area contributed by atoms with Crippen LogP contribution in [-0.4, -0.2) is 42.1 Å². The molecule has 0 aliphatic carbocycles. The molecule has 0 amide bonds. The van der Waals surface area contributed by atoms with Crippen molar-refractivity contribution in [3.8, 4) is 0 Å². The van der Waals surface area contributed by atoms with E-state index in [2.05, 4.69) is 20.2 Å². The highest BCUT2D eigenvalue weighted by atomic mass is 35.5. The van der Waals surface area contributed by atoms with Gasteiger partial charge >= 0.3 is 0 Å². The van der Waals surface area contributed by atoms with Crippen molar-refractivity contribution in [1.29, 1.82) is 0 Å². The van der Waals surface area contributed by atoms with E-state index in [4.69, 9.17) is 11.6 Å². The Hall–Kier alpha value is -1.72. The number of piperidine rings is 1. The van der Waals surface area contributed by atoms with Crippen molar-refractivity contribution in [1.82, 2.24) is 9.88 Å². The first-order valence-electron chi connectivity index (χ1n) is 8.24. The zero-order valence-corrected chi connectivity index (χ0v) is 13.8. The van der Waals surface area contributed by atoms with Crippen molar-refractivity contribution in [2.75, 3.05) is 31.2 Å². The number of anilines is 1. The Bertz CT molecular complexity index is 726. The van der Waals surface area contributed by atoms with Crippen LogP contribution in [0.15, 0.2) is 40.8 Å². The molecular weight excluding hydrogens is 310 g/mol. The summed E-state index contributed by atoms with van der Waals surface area (Å²) in [7, 11) is 0. The predicted octanol–water partition coefficient (Wildman–Crippen LogP) is 3.93. The predicted molar refractivity (Wildman–Crippen MR) is 93.0 cm³/mol. The van der Waals surface area contributed by atoms with Crippen molar-refractivity contribution >= 4 is 28.2 Å². The third-order valence-electron chi connectivity index (χ3n) is 4.58. The molecule has 3 heterocycles. The maximum atomic E-state index is 6.06. The van der Waals surface area contributed by atoms with E-state index in [1.165, 1.54) is 32.4 Å². The van der Waals surface area contributed by atoms with Gasteiger partial charge in [-0.2, -0.15) is 5.11 Å². The standard InChI is InChI=1S/C17H20ClN5/c18-13-4-5-15-16(10-13)19-7-6-17(15)23-12-14(20-21-23)11-22-8-2-1-3-9-22/h4-7,10,14H,1-3,8-9,11-12H2. The first-order chi connectivity index (χ1) is 11.3. The number of likely N-dealkylation sites (tertiary alicyclic amines) is 1. The molecule has 0 radical (unpaired) electrons. The van der Waals surface area contributed by atoms with Crippen LogP contribution in [0.2, 0.25) is 5.02 Å². The van der Waals surface area contributed by atoms with Crippen molar-refractivity contribution in [2.45, 2.75) is 25.3 Å². The van der Waals surface area contributed by atoms with Gasteiger partial charge in [-0.25, -0.2) is 5.01 Å². The summed E-state index contributed by atoms with van der Waals surface area (Å²) in [6.07, 6.45) is 5.79. The summed E-state index contributed by atoms with van der Waals surface area (Å²) in [6.45, 7) is 4.23. The molecule has 1 aromatic carbocycles. The van der Waals surface area contributed by atoms with E-state index in [0.717, 1.165) is 29.7 Å². The Morgan fingerprint density at radius 3 is 2.87 bits per heavy atom. The summed E-state index contributed by atoms with van der Waals surface area (Å²) >= 11 is 6.06. The van der Waals surface area contributed by atoms with Gasteiger partial charge in [0.05, 0.1) is 17.7 Å². The van der Waals surface area contributed by atoms with E-state index in [9.17, 15) is 0 Å². The van der Waals surface area contributed by atoms with Crippen LogP contribution < -0.4 is 5.01 Å². The van der Waals surface area contributed by atoms with Crippen molar-refractivity contribution in [3.63, 3.8) is 0 Å². The largest absolute Gasteiger partial charge is 0.301 e. The molecule has 2 aliphatic rings. The summed E-state index contributed by atoms with van der Waals surface area (Å²) in [6, 6.07) is 8.04. The highest BCUT2D eigenvalue weighted by Gasteiger charge is 2.24. The molecule has 0 saturated carbocycles. The topological polar surface area (TPSA) is 44.1 Å². The summed E-state index contributed by atoms with van der Waals surface area (Å²) in [4.78, 5) is 6.91. The van der Waals surface area contributed by atoms with Crippen LogP contribution in [-0.2, 0) is 0 Å². The lowest BCUT2D eigenvalue weighted by atomic mass is 10.1. The maximum absolute atomic E-state index is 6.06. The first kappa shape index (κ1) is 14.8. The van der Waals surface area contributed by atoms with Crippen LogP contribution in [0.1, 0.15) is 19.3 Å². The highest BCUT2D eigenvalue weighted by molar-refractivity contribution is 6.31. The van der Waals surface area contributed by atoms with E-state index in [1.807, 2.05) is 35.5 Å². The number of fused-ring (bicyclic) bond motifs is 1. The van der Waals surface area contributed by atoms with E-state index >= 15 is 0 Å². The smallest absolute Gasteiger partial charge is 0.105 e. The van der Waals surface area contributed by atoms with E-state index in [1.54, 1.807) is 0 Å². The summed E-state index contributed by atoms with van der Waals surface area (Å²) in [5.41, 5.74) is 1.95. The van der Waals surface area contributed by atoms with E-state index in [0.29, 0.717) is 5.02 Å². The highest BCUT2D eigenvalue weighted by Crippen LogP contribution is 2.30. The number of nitrogens with zero attached hydrogens (tertiary/aromatic N) is 5. The number of hydrogen-bond acceptors (Lipinski definition) is 5. The van der Waals surface area contributed by atoms with Gasteiger partial charge in [0.15, 0.2) is 0 Å². The quantitative estimate of drug-likeness (QED) is 0.857. The number of hydrogen-bond donors (Lipinski definition) is 0. The molecule has 1 fully saturated rings. The molecule has 23 heavy (non-hydrogen) atoms. The van der Waals surface area contributed by atoms with Crippen LogP contribution in [0.4, 0.5) is 5.69 Å². The number of aromatic nitrogens is 1. The van der Waals surface area contributed by atoms with Gasteiger partial charge < -0.3 is 4.90 Å². The Morgan fingerprint density at radius 2 is 2.00 bits per heavy atom. The van der Waals surface area contributed by atoms with E-state index < -0.39 is 0 Å². The van der Waals surface area contributed by atoms with Gasteiger partial charge in [0, 0.05) is 23.2 Å². The molecule has 0 bridgehead atoms. The minimum atomic E-state index is 0.253. The molecule has 0 spiro atoms. The number of rotatable bonds is 3. The molecular formula is C17H20ClN5. The van der Waals surface area contributed by atoms with Gasteiger partial charge in [0.2, 0.25) is 0 Å². The lowest BCUT2D eigenvalue weighted by Crippen LogP contribution is -2.37. The lowest BCUT2D eigenvalue weighted by molar-refractivity contribution is 0.219. The van der Waals surface area contributed by atoms with Crippen LogP contribution in [0.3, 0.4) is 0 Å². The fraction of sp³-hybridized carbons (Fsp3) is 0.471. The molecule has 6 heteroatoms.